The monoisotopic (exact) mass is 513 g/mol. The van der Waals surface area contributed by atoms with Crippen molar-refractivity contribution in [3.63, 3.8) is 0 Å². The van der Waals surface area contributed by atoms with Gasteiger partial charge in [-0.25, -0.2) is 19.7 Å². The maximum Gasteiger partial charge on any atom is 0.339 e. The first-order valence-corrected chi connectivity index (χ1v) is 12.4. The van der Waals surface area contributed by atoms with Gasteiger partial charge in [0.1, 0.15) is 17.7 Å². The van der Waals surface area contributed by atoms with Gasteiger partial charge in [-0.2, -0.15) is 0 Å². The number of aromatic amines is 1. The van der Waals surface area contributed by atoms with Crippen molar-refractivity contribution in [2.75, 3.05) is 0 Å². The predicted molar refractivity (Wildman–Crippen MR) is 141 cm³/mol. The molecule has 1 unspecified atom stereocenters. The number of primary amides is 1. The van der Waals surface area contributed by atoms with Gasteiger partial charge in [-0.05, 0) is 62.4 Å². The summed E-state index contributed by atoms with van der Waals surface area (Å²) in [4.78, 5) is 44.3. The highest BCUT2D eigenvalue weighted by Gasteiger charge is 2.28. The molecule has 1 aliphatic rings. The van der Waals surface area contributed by atoms with E-state index in [0.29, 0.717) is 30.0 Å². The second kappa shape index (κ2) is 12.2. The number of aromatic nitrogens is 5. The first-order chi connectivity index (χ1) is 18.3. The molecule has 10 heteroatoms. The molecule has 5 rings (SSSR count). The average Bonchev–Trinajstić information content (AvgIpc) is 3.41. The van der Waals surface area contributed by atoms with Crippen molar-refractivity contribution in [2.45, 2.75) is 52.2 Å². The summed E-state index contributed by atoms with van der Waals surface area (Å²) in [5.74, 6) is -0.455. The number of aromatic carboxylic acids is 1. The first-order valence-electron chi connectivity index (χ1n) is 12.4. The van der Waals surface area contributed by atoms with Crippen LogP contribution in [0.4, 0.5) is 0 Å². The van der Waals surface area contributed by atoms with Crippen molar-refractivity contribution in [3.8, 4) is 0 Å². The number of carboxylic acids is 1. The van der Waals surface area contributed by atoms with E-state index in [4.69, 9.17) is 15.8 Å². The van der Waals surface area contributed by atoms with E-state index >= 15 is 0 Å². The summed E-state index contributed by atoms with van der Waals surface area (Å²) in [6.07, 6.45) is 10.1. The molecule has 4 aromatic rings. The Hall–Kier alpha value is -4.44. The molecule has 1 amide bonds. The highest BCUT2D eigenvalue weighted by molar-refractivity contribution is 5.92. The van der Waals surface area contributed by atoms with E-state index in [9.17, 15) is 9.59 Å². The lowest BCUT2D eigenvalue weighted by Crippen LogP contribution is -2.32. The van der Waals surface area contributed by atoms with Crippen LogP contribution in [0, 0.1) is 13.8 Å². The van der Waals surface area contributed by atoms with E-state index in [1.807, 2.05) is 36.7 Å². The van der Waals surface area contributed by atoms with Crippen LogP contribution in [0.15, 0.2) is 61.3 Å². The standard InChI is InChI=1S/C21H23N5O.C7H8N2O2/c22-21(27)17-6-1-4-15(12-17)13-26(14-19-23-10-11-24-19)18-8-2-5-16-7-3-9-25-20(16)18;1-4-6(7(10)11)5(2)9-3-8-4/h1,3-4,6-7,9-12,18H,2,5,8,13-14H2,(H2,22,27)(H,23,24);3H,1-2H3,(H,10,11). The molecule has 0 fully saturated rings. The molecule has 0 spiro atoms. The molecule has 0 bridgehead atoms. The molecule has 0 saturated heterocycles. The Bertz CT molecular complexity index is 1390. The fourth-order valence-corrected chi connectivity index (χ4v) is 4.75. The fourth-order valence-electron chi connectivity index (χ4n) is 4.75. The number of H-pyrrole nitrogens is 1. The minimum Gasteiger partial charge on any atom is -0.478 e. The van der Waals surface area contributed by atoms with Crippen molar-refractivity contribution in [1.29, 1.82) is 0 Å². The SMILES string of the molecule is Cc1ncnc(C)c1C(=O)O.NC(=O)c1cccc(CN(Cc2ncc[nH]2)C2CCCc3cccnc32)c1. The number of nitrogens with zero attached hydrogens (tertiary/aromatic N) is 5. The minimum absolute atomic E-state index is 0.201. The van der Waals surface area contributed by atoms with Crippen molar-refractivity contribution >= 4 is 11.9 Å². The molecule has 1 aliphatic carbocycles. The quantitative estimate of drug-likeness (QED) is 0.338. The molecule has 38 heavy (non-hydrogen) atoms. The van der Waals surface area contributed by atoms with Gasteiger partial charge in [0.05, 0.1) is 29.7 Å². The minimum atomic E-state index is -0.972. The van der Waals surface area contributed by atoms with Crippen LogP contribution in [-0.4, -0.2) is 46.8 Å². The van der Waals surface area contributed by atoms with Gasteiger partial charge in [0.2, 0.25) is 5.91 Å². The van der Waals surface area contributed by atoms with Crippen LogP contribution >= 0.6 is 0 Å². The summed E-state index contributed by atoms with van der Waals surface area (Å²) in [6.45, 7) is 4.69. The number of nitrogens with one attached hydrogen (secondary N) is 1. The Balaban J connectivity index is 0.000000257. The number of aryl methyl sites for hydroxylation is 3. The zero-order valence-electron chi connectivity index (χ0n) is 21.5. The Kier molecular flexibility index (Phi) is 8.55. The van der Waals surface area contributed by atoms with E-state index in [0.717, 1.165) is 36.3 Å². The third kappa shape index (κ3) is 6.46. The number of amides is 1. The van der Waals surface area contributed by atoms with Crippen LogP contribution in [0.5, 0.6) is 0 Å². The summed E-state index contributed by atoms with van der Waals surface area (Å²) in [6, 6.07) is 11.9. The molecule has 1 aromatic carbocycles. The van der Waals surface area contributed by atoms with Gasteiger partial charge >= 0.3 is 5.97 Å². The van der Waals surface area contributed by atoms with Gasteiger partial charge in [-0.3, -0.25) is 14.7 Å². The number of pyridine rings is 1. The fraction of sp³-hybridized carbons (Fsp3) is 0.286. The topological polar surface area (TPSA) is 151 Å². The van der Waals surface area contributed by atoms with Crippen LogP contribution in [0.3, 0.4) is 0 Å². The largest absolute Gasteiger partial charge is 0.478 e. The molecule has 4 N–H and O–H groups in total. The number of hydrogen-bond donors (Lipinski definition) is 3. The number of fused-ring (bicyclic) bond motifs is 1. The number of hydrogen-bond acceptors (Lipinski definition) is 7. The molecular formula is C28H31N7O3. The normalized spacial score (nSPS) is 14.3. The maximum atomic E-state index is 11.5. The number of rotatable bonds is 7. The van der Waals surface area contributed by atoms with Crippen LogP contribution in [0.25, 0.3) is 0 Å². The molecular weight excluding hydrogens is 482 g/mol. The Morgan fingerprint density at radius 3 is 2.50 bits per heavy atom. The van der Waals surface area contributed by atoms with Crippen LogP contribution in [0.1, 0.15) is 73.6 Å². The van der Waals surface area contributed by atoms with Gasteiger partial charge in [0.15, 0.2) is 0 Å². The van der Waals surface area contributed by atoms with Crippen LogP contribution < -0.4 is 5.73 Å². The van der Waals surface area contributed by atoms with Gasteiger partial charge in [-0.15, -0.1) is 0 Å². The number of carbonyl (C=O) groups is 2. The zero-order chi connectivity index (χ0) is 27.1. The van der Waals surface area contributed by atoms with Crippen LogP contribution in [-0.2, 0) is 19.5 Å². The summed E-state index contributed by atoms with van der Waals surface area (Å²) in [5.41, 5.74) is 10.7. The maximum absolute atomic E-state index is 11.5. The number of imidazole rings is 1. The lowest BCUT2D eigenvalue weighted by atomic mass is 9.90. The van der Waals surface area contributed by atoms with Gasteiger partial charge in [0, 0.05) is 30.7 Å². The molecule has 0 aliphatic heterocycles. The lowest BCUT2D eigenvalue weighted by molar-refractivity contribution is 0.0694. The Morgan fingerprint density at radius 2 is 1.84 bits per heavy atom. The number of carbonyl (C=O) groups excluding carboxylic acids is 1. The lowest BCUT2D eigenvalue weighted by Gasteiger charge is -2.34. The van der Waals surface area contributed by atoms with E-state index in [2.05, 4.69) is 30.9 Å². The zero-order valence-corrected chi connectivity index (χ0v) is 21.5. The predicted octanol–water partition coefficient (Wildman–Crippen LogP) is 3.78. The molecule has 196 valence electrons. The molecule has 3 aromatic heterocycles. The van der Waals surface area contributed by atoms with Crippen molar-refractivity contribution in [2.24, 2.45) is 5.73 Å². The molecule has 0 radical (unpaired) electrons. The molecule has 1 atom stereocenters. The van der Waals surface area contributed by atoms with Gasteiger partial charge in [-0.1, -0.05) is 18.2 Å². The summed E-state index contributed by atoms with van der Waals surface area (Å²) < 4.78 is 0. The number of carboxylic acid groups (broad SMARTS) is 1. The third-order valence-corrected chi connectivity index (χ3v) is 6.55. The Labute approximate surface area is 221 Å². The van der Waals surface area contributed by atoms with Crippen LogP contribution in [0.2, 0.25) is 0 Å². The smallest absolute Gasteiger partial charge is 0.339 e. The van der Waals surface area contributed by atoms with E-state index in [1.54, 1.807) is 26.1 Å². The summed E-state index contributed by atoms with van der Waals surface area (Å²) in [5, 5.41) is 8.67. The second-order valence-electron chi connectivity index (χ2n) is 9.19. The van der Waals surface area contributed by atoms with Gasteiger partial charge in [0.25, 0.3) is 0 Å². The molecule has 10 nitrogen and oxygen atoms in total. The Morgan fingerprint density at radius 1 is 1.05 bits per heavy atom. The van der Waals surface area contributed by atoms with E-state index in [-0.39, 0.29) is 11.6 Å². The second-order valence-corrected chi connectivity index (χ2v) is 9.19. The average molecular weight is 514 g/mol. The van der Waals surface area contributed by atoms with E-state index < -0.39 is 11.9 Å². The summed E-state index contributed by atoms with van der Waals surface area (Å²) in [7, 11) is 0. The van der Waals surface area contributed by atoms with E-state index in [1.165, 1.54) is 11.9 Å². The number of nitrogens with two attached hydrogens (primary N) is 1. The van der Waals surface area contributed by atoms with Crippen molar-refractivity contribution in [1.82, 2.24) is 29.8 Å². The molecule has 3 heterocycles. The first kappa shape index (κ1) is 26.6. The highest BCUT2D eigenvalue weighted by Crippen LogP contribution is 2.34. The van der Waals surface area contributed by atoms with Crippen molar-refractivity contribution in [3.05, 3.63) is 106 Å². The third-order valence-electron chi connectivity index (χ3n) is 6.55. The van der Waals surface area contributed by atoms with Crippen molar-refractivity contribution < 1.29 is 14.7 Å². The number of benzene rings is 1. The molecule has 0 saturated carbocycles. The van der Waals surface area contributed by atoms with Gasteiger partial charge < -0.3 is 15.8 Å². The summed E-state index contributed by atoms with van der Waals surface area (Å²) >= 11 is 0. The highest BCUT2D eigenvalue weighted by atomic mass is 16.4.